The molecule has 1 amide bonds. The highest BCUT2D eigenvalue weighted by atomic mass is 16.2. The molecule has 1 N–H and O–H groups in total. The van der Waals surface area contributed by atoms with Crippen molar-refractivity contribution in [1.29, 1.82) is 0 Å². The van der Waals surface area contributed by atoms with Crippen LogP contribution in [0.4, 0.5) is 5.69 Å². The van der Waals surface area contributed by atoms with Crippen LogP contribution >= 0.6 is 0 Å². The van der Waals surface area contributed by atoms with Crippen LogP contribution in [0.2, 0.25) is 0 Å². The number of hydrazone groups is 1. The molecule has 2 heterocycles. The summed E-state index contributed by atoms with van der Waals surface area (Å²) in [5.74, 6) is -0.102. The van der Waals surface area contributed by atoms with Gasteiger partial charge in [0.1, 0.15) is 0 Å². The summed E-state index contributed by atoms with van der Waals surface area (Å²) >= 11 is 0. The van der Waals surface area contributed by atoms with Gasteiger partial charge >= 0.3 is 0 Å². The summed E-state index contributed by atoms with van der Waals surface area (Å²) in [5.41, 5.74) is 6.82. The lowest BCUT2D eigenvalue weighted by molar-refractivity contribution is -0.119. The van der Waals surface area contributed by atoms with Crippen LogP contribution in [0.25, 0.3) is 0 Å². The largest absolute Gasteiger partial charge is 0.362 e. The summed E-state index contributed by atoms with van der Waals surface area (Å²) in [5, 5.41) is 4.18. The van der Waals surface area contributed by atoms with Gasteiger partial charge < -0.3 is 4.90 Å². The van der Waals surface area contributed by atoms with E-state index in [0.717, 1.165) is 36.3 Å². The molecule has 0 spiro atoms. The molecule has 1 aliphatic rings. The van der Waals surface area contributed by atoms with Gasteiger partial charge in [-0.1, -0.05) is 18.2 Å². The predicted molar refractivity (Wildman–Crippen MR) is 91.6 cm³/mol. The predicted octanol–water partition coefficient (Wildman–Crippen LogP) is 2.37. The Labute approximate surface area is 136 Å². The number of carbonyl (C=O) groups excluding carboxylic acids is 1. The monoisotopic (exact) mass is 308 g/mol. The maximum Gasteiger partial charge on any atom is 0.259 e. The van der Waals surface area contributed by atoms with Crippen molar-refractivity contribution in [2.45, 2.75) is 19.8 Å². The molecule has 3 rings (SSSR count). The molecule has 118 valence electrons. The highest BCUT2D eigenvalue weighted by Crippen LogP contribution is 2.26. The van der Waals surface area contributed by atoms with Gasteiger partial charge in [0, 0.05) is 30.2 Å². The normalized spacial score (nSPS) is 14.3. The van der Waals surface area contributed by atoms with Crippen molar-refractivity contribution in [2.24, 2.45) is 5.10 Å². The van der Waals surface area contributed by atoms with E-state index >= 15 is 0 Å². The van der Waals surface area contributed by atoms with Gasteiger partial charge in [0.05, 0.1) is 12.3 Å². The van der Waals surface area contributed by atoms with Gasteiger partial charge in [-0.3, -0.25) is 9.78 Å². The Hall–Kier alpha value is -2.69. The molecule has 0 saturated heterocycles. The number of carbonyl (C=O) groups is 1. The van der Waals surface area contributed by atoms with Crippen LogP contribution in [-0.4, -0.2) is 29.7 Å². The second-order valence-corrected chi connectivity index (χ2v) is 5.62. The van der Waals surface area contributed by atoms with Crippen molar-refractivity contribution >= 4 is 17.3 Å². The number of amides is 1. The van der Waals surface area contributed by atoms with E-state index in [1.807, 2.05) is 31.2 Å². The zero-order chi connectivity index (χ0) is 16.1. The van der Waals surface area contributed by atoms with Gasteiger partial charge in [-0.15, -0.1) is 0 Å². The Morgan fingerprint density at radius 3 is 2.87 bits per heavy atom. The molecule has 5 heteroatoms. The first-order valence-corrected chi connectivity index (χ1v) is 7.80. The Morgan fingerprint density at radius 2 is 2.04 bits per heavy atom. The third-order valence-corrected chi connectivity index (χ3v) is 3.99. The zero-order valence-electron chi connectivity index (χ0n) is 13.2. The smallest absolute Gasteiger partial charge is 0.259 e. The van der Waals surface area contributed by atoms with Gasteiger partial charge in [-0.2, -0.15) is 5.10 Å². The van der Waals surface area contributed by atoms with Crippen molar-refractivity contribution in [1.82, 2.24) is 10.4 Å². The second kappa shape index (κ2) is 7.05. The van der Waals surface area contributed by atoms with E-state index in [0.29, 0.717) is 6.54 Å². The lowest BCUT2D eigenvalue weighted by Gasteiger charge is -2.30. The highest BCUT2D eigenvalue weighted by molar-refractivity contribution is 5.99. The Morgan fingerprint density at radius 1 is 1.26 bits per heavy atom. The molecule has 23 heavy (non-hydrogen) atoms. The number of aryl methyl sites for hydroxylation is 1. The van der Waals surface area contributed by atoms with E-state index in [2.05, 4.69) is 32.5 Å². The highest BCUT2D eigenvalue weighted by Gasteiger charge is 2.18. The van der Waals surface area contributed by atoms with Crippen molar-refractivity contribution < 1.29 is 4.79 Å². The molecule has 1 aromatic carbocycles. The molecule has 0 unspecified atom stereocenters. The van der Waals surface area contributed by atoms with Crippen LogP contribution in [0.1, 0.15) is 24.5 Å². The van der Waals surface area contributed by atoms with Crippen molar-refractivity contribution in [3.63, 3.8) is 0 Å². The molecule has 2 aromatic rings. The molecule has 1 aromatic heterocycles. The quantitative estimate of drug-likeness (QED) is 0.697. The van der Waals surface area contributed by atoms with Crippen molar-refractivity contribution in [3.05, 3.63) is 59.9 Å². The molecular formula is C18H20N4O. The third kappa shape index (κ3) is 3.74. The number of nitrogens with one attached hydrogen (secondary N) is 1. The molecule has 1 aliphatic heterocycles. The fourth-order valence-electron chi connectivity index (χ4n) is 2.79. The number of rotatable bonds is 4. The fraction of sp³-hybridized carbons (Fsp3) is 0.278. The molecule has 0 fully saturated rings. The van der Waals surface area contributed by atoms with E-state index in [-0.39, 0.29) is 5.91 Å². The van der Waals surface area contributed by atoms with Gasteiger partial charge in [0.2, 0.25) is 0 Å². The minimum atomic E-state index is -0.102. The van der Waals surface area contributed by atoms with Gasteiger partial charge in [-0.25, -0.2) is 5.43 Å². The van der Waals surface area contributed by atoms with E-state index in [1.165, 1.54) is 5.56 Å². The van der Waals surface area contributed by atoms with Crippen LogP contribution < -0.4 is 10.3 Å². The van der Waals surface area contributed by atoms with Crippen LogP contribution in [-0.2, 0) is 11.2 Å². The number of benzene rings is 1. The number of nitrogens with zero attached hydrogens (tertiary/aromatic N) is 3. The lowest BCUT2D eigenvalue weighted by Crippen LogP contribution is -2.38. The fourth-order valence-corrected chi connectivity index (χ4v) is 2.79. The Balaban J connectivity index is 1.62. The minimum Gasteiger partial charge on any atom is -0.362 e. The zero-order valence-corrected chi connectivity index (χ0v) is 13.2. The van der Waals surface area contributed by atoms with Crippen LogP contribution in [0.15, 0.2) is 53.9 Å². The number of hydrogen-bond donors (Lipinski definition) is 1. The number of fused-ring (bicyclic) bond motifs is 1. The first kappa shape index (κ1) is 15.2. The van der Waals surface area contributed by atoms with Crippen molar-refractivity contribution in [2.75, 3.05) is 18.0 Å². The van der Waals surface area contributed by atoms with Crippen molar-refractivity contribution in [3.8, 4) is 0 Å². The number of aromatic nitrogens is 1. The molecule has 0 bridgehead atoms. The SMILES string of the molecule is C/C(=N/NC(=O)CN1CCCc2ccccc21)c1ccncc1. The summed E-state index contributed by atoms with van der Waals surface area (Å²) in [4.78, 5) is 18.3. The minimum absolute atomic E-state index is 0.102. The Bertz CT molecular complexity index is 712. The van der Waals surface area contributed by atoms with E-state index in [1.54, 1.807) is 12.4 Å². The summed E-state index contributed by atoms with van der Waals surface area (Å²) < 4.78 is 0. The Kier molecular flexibility index (Phi) is 4.66. The van der Waals surface area contributed by atoms with Crippen LogP contribution in [0, 0.1) is 0 Å². The number of hydrogen-bond acceptors (Lipinski definition) is 4. The topological polar surface area (TPSA) is 57.6 Å². The lowest BCUT2D eigenvalue weighted by atomic mass is 10.0. The standard InChI is InChI=1S/C18H20N4O/c1-14(15-8-10-19-11-9-15)20-21-18(23)13-22-12-4-6-16-5-2-3-7-17(16)22/h2-3,5,7-11H,4,6,12-13H2,1H3,(H,21,23)/b20-14-. The van der Waals surface area contributed by atoms with E-state index in [4.69, 9.17) is 0 Å². The van der Waals surface area contributed by atoms with E-state index in [9.17, 15) is 4.79 Å². The number of para-hydroxylation sites is 1. The molecule has 0 atom stereocenters. The maximum absolute atomic E-state index is 12.2. The van der Waals surface area contributed by atoms with Crippen LogP contribution in [0.3, 0.4) is 0 Å². The summed E-state index contributed by atoms with van der Waals surface area (Å²) in [6.07, 6.45) is 5.57. The maximum atomic E-state index is 12.2. The first-order chi connectivity index (χ1) is 11.2. The summed E-state index contributed by atoms with van der Waals surface area (Å²) in [7, 11) is 0. The van der Waals surface area contributed by atoms with Crippen LogP contribution in [0.5, 0.6) is 0 Å². The molecule has 5 nitrogen and oxygen atoms in total. The summed E-state index contributed by atoms with van der Waals surface area (Å²) in [6, 6.07) is 12.0. The molecule has 0 aliphatic carbocycles. The first-order valence-electron chi connectivity index (χ1n) is 7.80. The average Bonchev–Trinajstić information content (AvgIpc) is 2.61. The molecule has 0 saturated carbocycles. The molecule has 0 radical (unpaired) electrons. The average molecular weight is 308 g/mol. The summed E-state index contributed by atoms with van der Waals surface area (Å²) in [6.45, 7) is 3.09. The van der Waals surface area contributed by atoms with Gasteiger partial charge in [-0.05, 0) is 43.5 Å². The van der Waals surface area contributed by atoms with Gasteiger partial charge in [0.25, 0.3) is 5.91 Å². The van der Waals surface area contributed by atoms with E-state index < -0.39 is 0 Å². The number of pyridine rings is 1. The molecular weight excluding hydrogens is 288 g/mol. The third-order valence-electron chi connectivity index (χ3n) is 3.99. The second-order valence-electron chi connectivity index (χ2n) is 5.62. The number of anilines is 1. The van der Waals surface area contributed by atoms with Gasteiger partial charge in [0.15, 0.2) is 0 Å².